The zero-order chi connectivity index (χ0) is 14.3. The van der Waals surface area contributed by atoms with E-state index in [2.05, 4.69) is 28.6 Å². The third-order valence-electron chi connectivity index (χ3n) is 3.17. The lowest BCUT2D eigenvalue weighted by Gasteiger charge is -2.20. The van der Waals surface area contributed by atoms with Crippen LogP contribution in [0.25, 0.3) is 0 Å². The van der Waals surface area contributed by atoms with Gasteiger partial charge in [-0.3, -0.25) is 4.98 Å². The van der Waals surface area contributed by atoms with E-state index in [1.165, 1.54) is 0 Å². The van der Waals surface area contributed by atoms with Crippen LogP contribution >= 0.6 is 0 Å². The van der Waals surface area contributed by atoms with Crippen LogP contribution in [0.5, 0.6) is 0 Å². The Bertz CT molecular complexity index is 356. The van der Waals surface area contributed by atoms with Crippen molar-refractivity contribution in [3.63, 3.8) is 0 Å². The van der Waals surface area contributed by atoms with Gasteiger partial charge in [-0.1, -0.05) is 13.0 Å². The summed E-state index contributed by atoms with van der Waals surface area (Å²) >= 11 is -1.02. The normalized spacial score (nSPS) is 14.6. The number of aryl methyl sites for hydroxylation is 1. The summed E-state index contributed by atoms with van der Waals surface area (Å²) < 4.78 is 14.5. The first-order chi connectivity index (χ1) is 9.02. The van der Waals surface area contributed by atoms with Crippen molar-refractivity contribution in [3.05, 3.63) is 29.6 Å². The molecule has 4 nitrogen and oxygen atoms in total. The van der Waals surface area contributed by atoms with E-state index < -0.39 is 11.4 Å². The van der Waals surface area contributed by atoms with E-state index >= 15 is 0 Å². The monoisotopic (exact) mass is 283 g/mol. The van der Waals surface area contributed by atoms with Crippen molar-refractivity contribution in [1.82, 2.24) is 14.6 Å². The van der Waals surface area contributed by atoms with Crippen LogP contribution < -0.4 is 4.72 Å². The van der Waals surface area contributed by atoms with Crippen molar-refractivity contribution in [1.29, 1.82) is 0 Å². The molecule has 1 rings (SSSR count). The number of hydrogen-bond donors (Lipinski definition) is 1. The van der Waals surface area contributed by atoms with E-state index in [-0.39, 0.29) is 6.04 Å². The van der Waals surface area contributed by atoms with E-state index in [1.54, 1.807) is 6.26 Å². The van der Waals surface area contributed by atoms with Gasteiger partial charge in [0.2, 0.25) is 0 Å². The van der Waals surface area contributed by atoms with Crippen LogP contribution in [-0.4, -0.2) is 40.8 Å². The second-order valence-electron chi connectivity index (χ2n) is 4.92. The van der Waals surface area contributed by atoms with Gasteiger partial charge in [0.15, 0.2) is 0 Å². The zero-order valence-electron chi connectivity index (χ0n) is 12.3. The summed E-state index contributed by atoms with van der Waals surface area (Å²) in [5.74, 6) is 0. The zero-order valence-corrected chi connectivity index (χ0v) is 13.2. The summed E-state index contributed by atoms with van der Waals surface area (Å²) in [4.78, 5) is 6.72. The van der Waals surface area contributed by atoms with Crippen molar-refractivity contribution in [2.75, 3.05) is 26.4 Å². The Morgan fingerprint density at radius 1 is 1.47 bits per heavy atom. The minimum atomic E-state index is -1.02. The fourth-order valence-electron chi connectivity index (χ4n) is 1.88. The largest absolute Gasteiger partial charge is 0.598 e. The quantitative estimate of drug-likeness (QED) is 0.742. The summed E-state index contributed by atoms with van der Waals surface area (Å²) in [5, 5.41) is 0. The lowest BCUT2D eigenvalue weighted by molar-refractivity contribution is 0.335. The molecule has 1 aromatic rings. The number of hydrogen-bond acceptors (Lipinski definition) is 4. The molecule has 5 heteroatoms. The van der Waals surface area contributed by atoms with Gasteiger partial charge in [-0.2, -0.15) is 0 Å². The van der Waals surface area contributed by atoms with Crippen molar-refractivity contribution in [3.8, 4) is 0 Å². The van der Waals surface area contributed by atoms with Gasteiger partial charge in [0.25, 0.3) is 0 Å². The highest BCUT2D eigenvalue weighted by Gasteiger charge is 2.16. The number of nitrogens with zero attached hydrogens (tertiary/aromatic N) is 2. The highest BCUT2D eigenvalue weighted by atomic mass is 32.2. The van der Waals surface area contributed by atoms with Crippen LogP contribution in [0.3, 0.4) is 0 Å². The molecule has 0 aliphatic carbocycles. The smallest absolute Gasteiger partial charge is 0.115 e. The molecule has 108 valence electrons. The summed E-state index contributed by atoms with van der Waals surface area (Å²) in [6.07, 6.45) is 5.54. The molecule has 0 aliphatic rings. The molecule has 1 N–H and O–H groups in total. The molecule has 1 aromatic heterocycles. The molecule has 2 atom stereocenters. The summed E-state index contributed by atoms with van der Waals surface area (Å²) in [5.41, 5.74) is 2.12. The highest BCUT2D eigenvalue weighted by Crippen LogP contribution is 2.18. The Kier molecular flexibility index (Phi) is 7.38. The van der Waals surface area contributed by atoms with E-state index in [0.29, 0.717) is 0 Å². The van der Waals surface area contributed by atoms with Crippen LogP contribution in [0.1, 0.15) is 37.1 Å². The van der Waals surface area contributed by atoms with Crippen molar-refractivity contribution in [2.45, 2.75) is 32.7 Å². The minimum Gasteiger partial charge on any atom is -0.598 e. The Morgan fingerprint density at radius 3 is 2.74 bits per heavy atom. The fourth-order valence-corrected chi connectivity index (χ4v) is 2.52. The molecular formula is C14H25N3OS. The summed E-state index contributed by atoms with van der Waals surface area (Å²) in [6, 6.07) is 4.13. The first-order valence-corrected chi connectivity index (χ1v) is 8.29. The van der Waals surface area contributed by atoms with Gasteiger partial charge in [0.05, 0.1) is 11.7 Å². The van der Waals surface area contributed by atoms with E-state index in [0.717, 1.165) is 37.2 Å². The van der Waals surface area contributed by atoms with E-state index in [1.807, 2.05) is 25.3 Å². The SMILES string of the molecule is CCN(C)CCCC(N[S+](C)[O-])c1ccc(C)cn1. The molecule has 0 fully saturated rings. The lowest BCUT2D eigenvalue weighted by Crippen LogP contribution is -2.29. The number of nitrogens with one attached hydrogen (secondary N) is 1. The number of pyridine rings is 1. The predicted molar refractivity (Wildman–Crippen MR) is 81.3 cm³/mol. The third kappa shape index (κ3) is 6.38. The molecule has 0 amide bonds. The minimum absolute atomic E-state index is 0.0664. The molecule has 0 saturated heterocycles. The lowest BCUT2D eigenvalue weighted by atomic mass is 10.1. The maximum atomic E-state index is 11.4. The van der Waals surface area contributed by atoms with Gasteiger partial charge < -0.3 is 9.45 Å². The highest BCUT2D eigenvalue weighted by molar-refractivity contribution is 7.88. The third-order valence-corrected chi connectivity index (χ3v) is 3.79. The number of aromatic nitrogens is 1. The fraction of sp³-hybridized carbons (Fsp3) is 0.643. The van der Waals surface area contributed by atoms with Crippen LogP contribution in [0.15, 0.2) is 18.3 Å². The number of rotatable bonds is 8. The molecule has 0 aliphatic heterocycles. The van der Waals surface area contributed by atoms with E-state index in [9.17, 15) is 4.55 Å². The van der Waals surface area contributed by atoms with Gasteiger partial charge in [-0.15, -0.1) is 4.72 Å². The molecule has 2 unspecified atom stereocenters. The molecule has 19 heavy (non-hydrogen) atoms. The van der Waals surface area contributed by atoms with Gasteiger partial charge in [0.1, 0.15) is 6.26 Å². The van der Waals surface area contributed by atoms with E-state index in [4.69, 9.17) is 0 Å². The van der Waals surface area contributed by atoms with Crippen molar-refractivity contribution >= 4 is 11.4 Å². The average molecular weight is 283 g/mol. The molecule has 0 aromatic carbocycles. The Hall–Kier alpha value is -0.620. The first kappa shape index (κ1) is 16.4. The molecule has 0 saturated carbocycles. The summed E-state index contributed by atoms with van der Waals surface area (Å²) in [6.45, 7) is 6.28. The molecule has 0 spiro atoms. The van der Waals surface area contributed by atoms with Crippen LogP contribution in [0.4, 0.5) is 0 Å². The van der Waals surface area contributed by atoms with Crippen LogP contribution in [-0.2, 0) is 11.4 Å². The standard InChI is InChI=1S/C14H25N3OS/c1-5-17(3)10-6-7-14(16-19(4)18)13-9-8-12(2)11-15-13/h8-9,11,14,16H,5-7,10H2,1-4H3. The predicted octanol–water partition coefficient (Wildman–Crippen LogP) is 2.05. The molecule has 0 bridgehead atoms. The van der Waals surface area contributed by atoms with Crippen molar-refractivity contribution in [2.24, 2.45) is 0 Å². The summed E-state index contributed by atoms with van der Waals surface area (Å²) in [7, 11) is 2.12. The average Bonchev–Trinajstić information content (AvgIpc) is 2.37. The molecule has 1 heterocycles. The second-order valence-corrected chi connectivity index (χ2v) is 6.07. The van der Waals surface area contributed by atoms with Crippen LogP contribution in [0, 0.1) is 6.92 Å². The second kappa shape index (κ2) is 8.53. The Morgan fingerprint density at radius 2 is 2.21 bits per heavy atom. The van der Waals surface area contributed by atoms with Gasteiger partial charge in [-0.25, -0.2) is 0 Å². The van der Waals surface area contributed by atoms with Crippen LogP contribution in [0.2, 0.25) is 0 Å². The topological polar surface area (TPSA) is 51.2 Å². The van der Waals surface area contributed by atoms with Gasteiger partial charge in [0, 0.05) is 17.6 Å². The molecular weight excluding hydrogens is 258 g/mol. The van der Waals surface area contributed by atoms with Crippen molar-refractivity contribution < 1.29 is 4.55 Å². The molecule has 0 radical (unpaired) electrons. The Balaban J connectivity index is 2.58. The van der Waals surface area contributed by atoms with Gasteiger partial charge >= 0.3 is 0 Å². The maximum Gasteiger partial charge on any atom is 0.115 e. The Labute approximate surface area is 119 Å². The maximum absolute atomic E-state index is 11.4. The van der Waals surface area contributed by atoms with Gasteiger partial charge in [-0.05, 0) is 51.5 Å². The first-order valence-electron chi connectivity index (χ1n) is 6.73.